The number of nitrogens with one attached hydrogen (secondary N) is 1. The smallest absolute Gasteiger partial charge is 0.360 e. The van der Waals surface area contributed by atoms with Gasteiger partial charge in [0.15, 0.2) is 0 Å². The number of oxime groups is 1. The minimum atomic E-state index is -0.584. The van der Waals surface area contributed by atoms with Crippen LogP contribution in [0.4, 0.5) is 5.69 Å². The molecule has 35 heavy (non-hydrogen) atoms. The number of fused-ring (bicyclic) bond motifs is 4. The van der Waals surface area contributed by atoms with Crippen molar-refractivity contribution in [1.82, 2.24) is 14.1 Å². The van der Waals surface area contributed by atoms with E-state index in [0.717, 1.165) is 58.6 Å². The van der Waals surface area contributed by atoms with Crippen LogP contribution in [0.5, 0.6) is 0 Å². The van der Waals surface area contributed by atoms with Gasteiger partial charge >= 0.3 is 5.97 Å². The van der Waals surface area contributed by atoms with Gasteiger partial charge < -0.3 is 19.3 Å². The Morgan fingerprint density at radius 1 is 1.20 bits per heavy atom. The molecule has 0 spiro atoms. The van der Waals surface area contributed by atoms with Crippen LogP contribution in [-0.4, -0.2) is 31.8 Å². The van der Waals surface area contributed by atoms with E-state index in [2.05, 4.69) is 49.8 Å². The maximum absolute atomic E-state index is 13.0. The molecule has 7 nitrogen and oxygen atoms in total. The maximum atomic E-state index is 13.0. The van der Waals surface area contributed by atoms with Gasteiger partial charge in [-0.15, -0.1) is 0 Å². The van der Waals surface area contributed by atoms with Crippen LogP contribution in [0.3, 0.4) is 0 Å². The summed E-state index contributed by atoms with van der Waals surface area (Å²) in [4.78, 5) is 23.1. The molecule has 176 valence electrons. The second kappa shape index (κ2) is 8.58. The molecule has 1 N–H and O–H groups in total. The van der Waals surface area contributed by atoms with Crippen LogP contribution in [0.2, 0.25) is 0 Å². The molecule has 3 heterocycles. The monoisotopic (exact) mass is 465 g/mol. The predicted molar refractivity (Wildman–Crippen MR) is 137 cm³/mol. The van der Waals surface area contributed by atoms with Crippen molar-refractivity contribution < 1.29 is 9.63 Å². The molecule has 2 aromatic heterocycles. The summed E-state index contributed by atoms with van der Waals surface area (Å²) in [5, 5.41) is 8.94. The summed E-state index contributed by atoms with van der Waals surface area (Å²) < 4.78 is 4.38. The molecule has 2 unspecified atom stereocenters. The number of hydrogen-bond donors (Lipinski definition) is 1. The Kier molecular flexibility index (Phi) is 5.25. The van der Waals surface area contributed by atoms with Crippen molar-refractivity contribution in [2.75, 3.05) is 5.32 Å². The van der Waals surface area contributed by atoms with Crippen molar-refractivity contribution in [3.8, 4) is 0 Å². The van der Waals surface area contributed by atoms with Crippen molar-refractivity contribution in [2.45, 2.75) is 32.4 Å². The van der Waals surface area contributed by atoms with Crippen LogP contribution >= 0.6 is 0 Å². The van der Waals surface area contributed by atoms with Gasteiger partial charge in [-0.05, 0) is 37.5 Å². The summed E-state index contributed by atoms with van der Waals surface area (Å²) in [6.07, 6.45) is 9.43. The van der Waals surface area contributed by atoms with Crippen LogP contribution in [0.15, 0.2) is 72.2 Å². The predicted octanol–water partition coefficient (Wildman–Crippen LogP) is 4.70. The molecule has 0 fully saturated rings. The van der Waals surface area contributed by atoms with Gasteiger partial charge in [-0.3, -0.25) is 0 Å². The highest BCUT2D eigenvalue weighted by Gasteiger charge is 2.32. The fourth-order valence-electron chi connectivity index (χ4n) is 5.29. The average molecular weight is 466 g/mol. The van der Waals surface area contributed by atoms with E-state index in [0.29, 0.717) is 0 Å². The number of imidazole rings is 1. The first kappa shape index (κ1) is 21.4. The molecule has 2 atom stereocenters. The third kappa shape index (κ3) is 3.73. The topological polar surface area (TPSA) is 73.4 Å². The number of anilines is 1. The summed E-state index contributed by atoms with van der Waals surface area (Å²) in [7, 11) is 2.10. The Hall–Kier alpha value is -4.13. The lowest BCUT2D eigenvalue weighted by atomic mass is 9.84. The van der Waals surface area contributed by atoms with E-state index in [-0.39, 0.29) is 5.92 Å². The number of aryl methyl sites for hydroxylation is 2. The first-order valence-electron chi connectivity index (χ1n) is 12.0. The zero-order chi connectivity index (χ0) is 23.9. The molecule has 1 aliphatic heterocycles. The van der Waals surface area contributed by atoms with Gasteiger partial charge in [0, 0.05) is 59.8 Å². The fraction of sp³-hybridized carbons (Fsp3) is 0.250. The number of nitrogens with zero attached hydrogens (tertiary/aromatic N) is 4. The first-order chi connectivity index (χ1) is 17.1. The van der Waals surface area contributed by atoms with Crippen molar-refractivity contribution in [1.29, 1.82) is 0 Å². The summed E-state index contributed by atoms with van der Waals surface area (Å²) >= 11 is 0. The molecule has 0 amide bonds. The molecule has 0 saturated heterocycles. The van der Waals surface area contributed by atoms with Crippen LogP contribution in [0.1, 0.15) is 29.1 Å². The van der Waals surface area contributed by atoms with Crippen molar-refractivity contribution in [3.05, 3.63) is 89.6 Å². The average Bonchev–Trinajstić information content (AvgIpc) is 3.43. The molecule has 4 aromatic rings. The number of carbonyl (C=O) groups excluding carboxylic acids is 1. The highest BCUT2D eigenvalue weighted by Crippen LogP contribution is 2.35. The molecule has 0 bridgehead atoms. The van der Waals surface area contributed by atoms with Gasteiger partial charge in [-0.2, -0.15) is 0 Å². The number of para-hydroxylation sites is 2. The minimum absolute atomic E-state index is 0.101. The standard InChI is InChI=1S/C28H27N5O2/c1-18-29-15-16-33(18)17-20-12-14-25-26(21-8-4-6-10-24(21)32(25)2)27(20)31-35-28(34)23-13-11-19-7-3-5-9-22(19)30-23/h3-11,13,15-16,20,23,30H,12,14,17H2,1-2H3/b31-27+. The van der Waals surface area contributed by atoms with E-state index in [4.69, 9.17) is 4.84 Å². The Labute approximate surface area is 203 Å². The number of rotatable bonds is 4. The van der Waals surface area contributed by atoms with E-state index < -0.39 is 12.0 Å². The zero-order valence-electron chi connectivity index (χ0n) is 19.8. The second-order valence-corrected chi connectivity index (χ2v) is 9.22. The summed E-state index contributed by atoms with van der Waals surface area (Å²) in [5.74, 6) is 0.637. The lowest BCUT2D eigenvalue weighted by molar-refractivity contribution is -0.143. The van der Waals surface area contributed by atoms with Crippen molar-refractivity contribution >= 4 is 34.3 Å². The van der Waals surface area contributed by atoms with Gasteiger partial charge in [-0.25, -0.2) is 9.78 Å². The number of hydrogen-bond acceptors (Lipinski definition) is 5. The highest BCUT2D eigenvalue weighted by molar-refractivity contribution is 6.14. The Balaban J connectivity index is 1.35. The summed E-state index contributed by atoms with van der Waals surface area (Å²) in [6, 6.07) is 15.6. The number of carbonyl (C=O) groups is 1. The molecule has 0 saturated carbocycles. The van der Waals surface area contributed by atoms with Crippen LogP contribution in [0, 0.1) is 12.8 Å². The highest BCUT2D eigenvalue weighted by atomic mass is 16.7. The SMILES string of the molecule is Cc1nccn1CC1CCc2c(c3ccccc3n2C)/C1=N/OC(=O)C1C=Cc2ccccc2N1. The van der Waals surface area contributed by atoms with Gasteiger partial charge in [0.05, 0.1) is 5.71 Å². The van der Waals surface area contributed by atoms with E-state index >= 15 is 0 Å². The Bertz CT molecular complexity index is 1490. The Morgan fingerprint density at radius 3 is 2.89 bits per heavy atom. The van der Waals surface area contributed by atoms with Crippen LogP contribution in [0.25, 0.3) is 17.0 Å². The number of aromatic nitrogens is 3. The largest absolute Gasteiger partial charge is 0.369 e. The third-order valence-corrected chi connectivity index (χ3v) is 7.17. The van der Waals surface area contributed by atoms with Crippen LogP contribution in [-0.2, 0) is 29.6 Å². The molecular formula is C28H27N5O2. The molecule has 2 aliphatic rings. The lowest BCUT2D eigenvalue weighted by Gasteiger charge is -2.26. The molecular weight excluding hydrogens is 438 g/mol. The van der Waals surface area contributed by atoms with Crippen molar-refractivity contribution in [3.63, 3.8) is 0 Å². The van der Waals surface area contributed by atoms with Gasteiger partial charge in [0.2, 0.25) is 0 Å². The fourth-order valence-corrected chi connectivity index (χ4v) is 5.29. The molecule has 7 heteroatoms. The summed E-state index contributed by atoms with van der Waals surface area (Å²) in [6.45, 7) is 2.74. The lowest BCUT2D eigenvalue weighted by Crippen LogP contribution is -2.32. The first-order valence-corrected chi connectivity index (χ1v) is 12.0. The minimum Gasteiger partial charge on any atom is -0.369 e. The van der Waals surface area contributed by atoms with E-state index in [9.17, 15) is 4.79 Å². The summed E-state index contributed by atoms with van der Waals surface area (Å²) in [5.41, 5.74) is 6.25. The van der Waals surface area contributed by atoms with Crippen LogP contribution < -0.4 is 5.32 Å². The molecule has 1 aliphatic carbocycles. The second-order valence-electron chi connectivity index (χ2n) is 9.22. The van der Waals surface area contributed by atoms with E-state index in [1.165, 1.54) is 5.69 Å². The number of benzene rings is 2. The molecule has 0 radical (unpaired) electrons. The van der Waals surface area contributed by atoms with E-state index in [1.54, 1.807) is 0 Å². The van der Waals surface area contributed by atoms with Gasteiger partial charge in [0.1, 0.15) is 11.9 Å². The van der Waals surface area contributed by atoms with E-state index in [1.807, 2.05) is 61.8 Å². The molecule has 6 rings (SSSR count). The van der Waals surface area contributed by atoms with Gasteiger partial charge in [0.25, 0.3) is 0 Å². The maximum Gasteiger partial charge on any atom is 0.360 e. The third-order valence-electron chi connectivity index (χ3n) is 7.17. The quantitative estimate of drug-likeness (QED) is 0.350. The molecule has 2 aromatic carbocycles. The Morgan fingerprint density at radius 2 is 2.03 bits per heavy atom. The zero-order valence-corrected chi connectivity index (χ0v) is 19.8. The normalized spacial score (nSPS) is 19.9. The van der Waals surface area contributed by atoms with Gasteiger partial charge in [-0.1, -0.05) is 53.7 Å². The van der Waals surface area contributed by atoms with Crippen molar-refractivity contribution in [2.24, 2.45) is 18.1 Å².